The summed E-state index contributed by atoms with van der Waals surface area (Å²) in [7, 11) is 0. The SMILES string of the molecule is CCOC(=O)[C@@H]1CN(Cc2ccccc2)C[C@H]1C(=O)N1C(=O)OC[C@@H]1Cc1ccccc1. The van der Waals surface area contributed by atoms with E-state index in [0.717, 1.165) is 11.1 Å². The molecule has 2 aliphatic rings. The number of amides is 2. The Morgan fingerprint density at radius 2 is 1.59 bits per heavy atom. The van der Waals surface area contributed by atoms with Crippen LogP contribution in [0.4, 0.5) is 4.79 Å². The van der Waals surface area contributed by atoms with Crippen LogP contribution < -0.4 is 0 Å². The molecule has 4 rings (SSSR count). The second-order valence-corrected chi connectivity index (χ2v) is 8.27. The molecule has 7 nitrogen and oxygen atoms in total. The quantitative estimate of drug-likeness (QED) is 0.622. The minimum Gasteiger partial charge on any atom is -0.466 e. The summed E-state index contributed by atoms with van der Waals surface area (Å²) in [6.07, 6.45) is -0.122. The molecule has 0 bridgehead atoms. The summed E-state index contributed by atoms with van der Waals surface area (Å²) in [5.41, 5.74) is 2.12. The number of benzene rings is 2. The molecule has 2 aromatic rings. The first-order valence-corrected chi connectivity index (χ1v) is 11.0. The molecule has 7 heteroatoms. The third-order valence-corrected chi connectivity index (χ3v) is 6.06. The molecule has 3 atom stereocenters. The third-order valence-electron chi connectivity index (χ3n) is 6.06. The van der Waals surface area contributed by atoms with Gasteiger partial charge in [-0.25, -0.2) is 9.69 Å². The van der Waals surface area contributed by atoms with Crippen LogP contribution >= 0.6 is 0 Å². The number of ether oxygens (including phenoxy) is 2. The minimum absolute atomic E-state index is 0.157. The standard InChI is InChI=1S/C25H28N2O5/c1-2-31-24(29)22-16-26(14-19-11-7-4-8-12-19)15-21(22)23(28)27-20(17-32-25(27)30)13-18-9-5-3-6-10-18/h3-12,20-22H,2,13-17H2,1H3/t20-,21+,22+/m0/s1. The van der Waals surface area contributed by atoms with Crippen LogP contribution in [0.1, 0.15) is 18.1 Å². The van der Waals surface area contributed by atoms with Crippen molar-refractivity contribution in [2.24, 2.45) is 11.8 Å². The van der Waals surface area contributed by atoms with Gasteiger partial charge in [0, 0.05) is 19.6 Å². The third kappa shape index (κ3) is 4.83. The Morgan fingerprint density at radius 1 is 0.969 bits per heavy atom. The molecule has 2 amide bonds. The van der Waals surface area contributed by atoms with Crippen LogP contribution in [0, 0.1) is 11.8 Å². The van der Waals surface area contributed by atoms with E-state index in [9.17, 15) is 14.4 Å². The molecule has 0 spiro atoms. The van der Waals surface area contributed by atoms with E-state index in [0.29, 0.717) is 26.1 Å². The van der Waals surface area contributed by atoms with Gasteiger partial charge >= 0.3 is 12.1 Å². The number of carbonyl (C=O) groups is 3. The monoisotopic (exact) mass is 436 g/mol. The molecule has 32 heavy (non-hydrogen) atoms. The Balaban J connectivity index is 1.52. The van der Waals surface area contributed by atoms with Crippen molar-refractivity contribution < 1.29 is 23.9 Å². The number of nitrogens with zero attached hydrogens (tertiary/aromatic N) is 2. The van der Waals surface area contributed by atoms with Gasteiger partial charge in [-0.05, 0) is 24.5 Å². The van der Waals surface area contributed by atoms with Gasteiger partial charge in [-0.15, -0.1) is 0 Å². The zero-order valence-corrected chi connectivity index (χ0v) is 18.2. The van der Waals surface area contributed by atoms with Gasteiger partial charge in [0.15, 0.2) is 0 Å². The van der Waals surface area contributed by atoms with Crippen LogP contribution in [0.25, 0.3) is 0 Å². The zero-order valence-electron chi connectivity index (χ0n) is 18.2. The van der Waals surface area contributed by atoms with Crippen LogP contribution in [-0.4, -0.2) is 60.1 Å². The number of rotatable bonds is 7. The van der Waals surface area contributed by atoms with Crippen molar-refractivity contribution in [3.05, 3.63) is 71.8 Å². The molecule has 0 aliphatic carbocycles. The van der Waals surface area contributed by atoms with Crippen molar-refractivity contribution in [1.29, 1.82) is 0 Å². The van der Waals surface area contributed by atoms with Crippen molar-refractivity contribution in [2.75, 3.05) is 26.3 Å². The molecule has 2 aliphatic heterocycles. The number of likely N-dealkylation sites (tertiary alicyclic amines) is 1. The zero-order chi connectivity index (χ0) is 22.5. The van der Waals surface area contributed by atoms with Gasteiger partial charge in [-0.3, -0.25) is 14.5 Å². The van der Waals surface area contributed by atoms with Gasteiger partial charge < -0.3 is 9.47 Å². The fourth-order valence-electron chi connectivity index (χ4n) is 4.54. The molecular formula is C25H28N2O5. The maximum absolute atomic E-state index is 13.6. The molecule has 2 heterocycles. The van der Waals surface area contributed by atoms with E-state index < -0.39 is 23.9 Å². The van der Waals surface area contributed by atoms with Crippen molar-refractivity contribution in [2.45, 2.75) is 25.9 Å². The highest BCUT2D eigenvalue weighted by Gasteiger charge is 2.48. The predicted molar refractivity (Wildman–Crippen MR) is 117 cm³/mol. The molecular weight excluding hydrogens is 408 g/mol. The Labute approximate surface area is 187 Å². The first-order chi connectivity index (χ1) is 15.6. The van der Waals surface area contributed by atoms with E-state index in [1.54, 1.807) is 6.92 Å². The average Bonchev–Trinajstić information content (AvgIpc) is 3.38. The molecule has 0 N–H and O–H groups in total. The lowest BCUT2D eigenvalue weighted by molar-refractivity contribution is -0.152. The maximum Gasteiger partial charge on any atom is 0.416 e. The van der Waals surface area contributed by atoms with Crippen LogP contribution in [-0.2, 0) is 32.0 Å². The highest BCUT2D eigenvalue weighted by atomic mass is 16.6. The average molecular weight is 437 g/mol. The summed E-state index contributed by atoms with van der Waals surface area (Å²) >= 11 is 0. The molecule has 0 unspecified atom stereocenters. The number of cyclic esters (lactones) is 1. The topological polar surface area (TPSA) is 76.2 Å². The number of imide groups is 1. The lowest BCUT2D eigenvalue weighted by atomic mass is 9.93. The predicted octanol–water partition coefficient (Wildman–Crippen LogP) is 2.89. The summed E-state index contributed by atoms with van der Waals surface area (Å²) in [4.78, 5) is 42.1. The van der Waals surface area contributed by atoms with Crippen LogP contribution in [0.15, 0.2) is 60.7 Å². The van der Waals surface area contributed by atoms with Gasteiger partial charge in [-0.1, -0.05) is 60.7 Å². The summed E-state index contributed by atoms with van der Waals surface area (Å²) in [6, 6.07) is 19.2. The lowest BCUT2D eigenvalue weighted by Gasteiger charge is -2.25. The largest absolute Gasteiger partial charge is 0.466 e. The van der Waals surface area contributed by atoms with Gasteiger partial charge in [-0.2, -0.15) is 0 Å². The number of carbonyl (C=O) groups excluding carboxylic acids is 3. The lowest BCUT2D eigenvalue weighted by Crippen LogP contribution is -2.46. The fourth-order valence-corrected chi connectivity index (χ4v) is 4.54. The van der Waals surface area contributed by atoms with Gasteiger partial charge in [0.05, 0.1) is 24.5 Å². The summed E-state index contributed by atoms with van der Waals surface area (Å²) in [5.74, 6) is -2.02. The second kappa shape index (κ2) is 9.96. The molecule has 0 radical (unpaired) electrons. The highest BCUT2D eigenvalue weighted by molar-refractivity contribution is 5.97. The fraction of sp³-hybridized carbons (Fsp3) is 0.400. The van der Waals surface area contributed by atoms with Crippen molar-refractivity contribution in [1.82, 2.24) is 9.80 Å². The van der Waals surface area contributed by atoms with Crippen molar-refractivity contribution in [3.63, 3.8) is 0 Å². The molecule has 2 aromatic carbocycles. The first kappa shape index (κ1) is 22.0. The summed E-state index contributed by atoms with van der Waals surface area (Å²) < 4.78 is 10.5. The van der Waals surface area contributed by atoms with E-state index in [2.05, 4.69) is 4.90 Å². The Morgan fingerprint density at radius 3 is 2.25 bits per heavy atom. The maximum atomic E-state index is 13.6. The second-order valence-electron chi connectivity index (χ2n) is 8.27. The number of esters is 1. The van der Waals surface area contributed by atoms with Gasteiger partial charge in [0.1, 0.15) is 6.61 Å². The van der Waals surface area contributed by atoms with E-state index >= 15 is 0 Å². The van der Waals surface area contributed by atoms with E-state index in [4.69, 9.17) is 9.47 Å². The van der Waals surface area contributed by atoms with E-state index in [1.165, 1.54) is 4.90 Å². The van der Waals surface area contributed by atoms with Crippen LogP contribution in [0.3, 0.4) is 0 Å². The molecule has 0 saturated carbocycles. The smallest absolute Gasteiger partial charge is 0.416 e. The normalized spacial score (nSPS) is 23.2. The Hall–Kier alpha value is -3.19. The molecule has 2 saturated heterocycles. The molecule has 0 aromatic heterocycles. The summed E-state index contributed by atoms with van der Waals surface area (Å²) in [6.45, 7) is 3.58. The number of hydrogen-bond donors (Lipinski definition) is 0. The first-order valence-electron chi connectivity index (χ1n) is 11.0. The highest BCUT2D eigenvalue weighted by Crippen LogP contribution is 2.30. The number of hydrogen-bond acceptors (Lipinski definition) is 6. The van der Waals surface area contributed by atoms with Crippen LogP contribution in [0.2, 0.25) is 0 Å². The van der Waals surface area contributed by atoms with E-state index in [1.807, 2.05) is 60.7 Å². The molecule has 2 fully saturated rings. The van der Waals surface area contributed by atoms with Crippen molar-refractivity contribution in [3.8, 4) is 0 Å². The van der Waals surface area contributed by atoms with Crippen LogP contribution in [0.5, 0.6) is 0 Å². The molecule has 168 valence electrons. The van der Waals surface area contributed by atoms with Gasteiger partial charge in [0.25, 0.3) is 0 Å². The minimum atomic E-state index is -0.651. The van der Waals surface area contributed by atoms with E-state index in [-0.39, 0.29) is 25.2 Å². The Kier molecular flexibility index (Phi) is 6.85. The van der Waals surface area contributed by atoms with Gasteiger partial charge in [0.2, 0.25) is 5.91 Å². The van der Waals surface area contributed by atoms with Crippen molar-refractivity contribution >= 4 is 18.0 Å². The summed E-state index contributed by atoms with van der Waals surface area (Å²) in [5, 5.41) is 0. The Bertz CT molecular complexity index is 949.